The Balaban J connectivity index is 2.34. The third-order valence-electron chi connectivity index (χ3n) is 2.40. The van der Waals surface area contributed by atoms with Crippen LogP contribution in [0.25, 0.3) is 0 Å². The summed E-state index contributed by atoms with van der Waals surface area (Å²) < 4.78 is 27.8. The van der Waals surface area contributed by atoms with Crippen LogP contribution in [0.5, 0.6) is 0 Å². The molecule has 0 aromatic rings. The van der Waals surface area contributed by atoms with Crippen molar-refractivity contribution in [3.05, 3.63) is 0 Å². The minimum Gasteiger partial charge on any atom is -0.480 e. The molecule has 0 unspecified atom stereocenters. The van der Waals surface area contributed by atoms with Gasteiger partial charge in [-0.05, 0) is 0 Å². The molecule has 104 valence electrons. The second-order valence-electron chi connectivity index (χ2n) is 3.71. The molecule has 0 saturated carbocycles. The molecule has 1 rings (SSSR count). The molecular formula is C8H15N3O6S. The van der Waals surface area contributed by atoms with E-state index in [1.54, 1.807) is 0 Å². The molecule has 0 spiro atoms. The van der Waals surface area contributed by atoms with Gasteiger partial charge in [-0.3, -0.25) is 4.79 Å². The highest BCUT2D eigenvalue weighted by molar-refractivity contribution is 7.86. The lowest BCUT2D eigenvalue weighted by Crippen LogP contribution is -2.52. The van der Waals surface area contributed by atoms with Gasteiger partial charge in [0.1, 0.15) is 13.2 Å². The lowest BCUT2D eigenvalue weighted by atomic mass is 10.3. The highest BCUT2D eigenvalue weighted by atomic mass is 32.2. The van der Waals surface area contributed by atoms with Crippen molar-refractivity contribution in [1.29, 1.82) is 0 Å². The van der Waals surface area contributed by atoms with Crippen molar-refractivity contribution in [3.63, 3.8) is 0 Å². The van der Waals surface area contributed by atoms with Crippen molar-refractivity contribution in [2.45, 2.75) is 0 Å². The van der Waals surface area contributed by atoms with Crippen molar-refractivity contribution in [3.8, 4) is 0 Å². The molecular weight excluding hydrogens is 266 g/mol. The van der Waals surface area contributed by atoms with Gasteiger partial charge in [-0.1, -0.05) is 0 Å². The average Bonchev–Trinajstić information content (AvgIpc) is 2.27. The van der Waals surface area contributed by atoms with E-state index in [2.05, 4.69) is 4.74 Å². The second kappa shape index (κ2) is 6.09. The third kappa shape index (κ3) is 4.56. The molecule has 1 fully saturated rings. The van der Waals surface area contributed by atoms with E-state index < -0.39 is 22.8 Å². The minimum atomic E-state index is -3.72. The molecule has 1 heterocycles. The lowest BCUT2D eigenvalue weighted by Gasteiger charge is -2.32. The first-order chi connectivity index (χ1) is 8.30. The molecule has 0 aromatic carbocycles. The Kier molecular flexibility index (Phi) is 5.02. The van der Waals surface area contributed by atoms with Crippen LogP contribution in [0.2, 0.25) is 0 Å². The summed E-state index contributed by atoms with van der Waals surface area (Å²) in [6.45, 7) is -0.186. The van der Waals surface area contributed by atoms with Gasteiger partial charge < -0.3 is 14.7 Å². The molecule has 0 atom stereocenters. The van der Waals surface area contributed by atoms with Crippen molar-refractivity contribution in [1.82, 2.24) is 9.21 Å². The molecule has 0 aliphatic carbocycles. The number of carboxylic acid groups (broad SMARTS) is 1. The van der Waals surface area contributed by atoms with Gasteiger partial charge in [0.05, 0.1) is 0 Å². The fourth-order valence-electron chi connectivity index (χ4n) is 1.51. The van der Waals surface area contributed by atoms with Crippen LogP contribution in [0.1, 0.15) is 0 Å². The monoisotopic (exact) mass is 281 g/mol. The number of hydrogen-bond donors (Lipinski definition) is 2. The number of carboxylic acids is 1. The first kappa shape index (κ1) is 14.8. The number of rotatable bonds is 5. The number of carbonyl (C=O) groups is 2. The normalized spacial score (nSPS) is 17.7. The number of nitrogens with two attached hydrogens (primary N) is 1. The summed E-state index contributed by atoms with van der Waals surface area (Å²) in [6.07, 6.45) is 0. The topological polar surface area (TPSA) is 130 Å². The van der Waals surface area contributed by atoms with E-state index in [4.69, 9.17) is 10.2 Å². The molecule has 1 amide bonds. The fraction of sp³-hybridized carbons (Fsp3) is 0.750. The van der Waals surface area contributed by atoms with Crippen molar-refractivity contribution in [2.24, 2.45) is 5.14 Å². The van der Waals surface area contributed by atoms with Crippen LogP contribution in [0.15, 0.2) is 0 Å². The predicted octanol–water partition coefficient (Wildman–Crippen LogP) is -2.56. The highest BCUT2D eigenvalue weighted by Gasteiger charge is 2.26. The summed E-state index contributed by atoms with van der Waals surface area (Å²) in [6, 6.07) is 0. The van der Waals surface area contributed by atoms with E-state index in [0.717, 1.165) is 4.31 Å². The maximum atomic E-state index is 11.5. The zero-order valence-corrected chi connectivity index (χ0v) is 10.4. The number of carbonyl (C=O) groups excluding carboxylic acids is 1. The molecule has 1 aliphatic rings. The van der Waals surface area contributed by atoms with Crippen molar-refractivity contribution >= 4 is 22.1 Å². The molecule has 0 aromatic heterocycles. The zero-order chi connectivity index (χ0) is 13.8. The average molecular weight is 281 g/mol. The van der Waals surface area contributed by atoms with Gasteiger partial charge in [0.25, 0.3) is 10.2 Å². The smallest absolute Gasteiger partial charge is 0.329 e. The van der Waals surface area contributed by atoms with Gasteiger partial charge >= 0.3 is 5.97 Å². The Morgan fingerprint density at radius 3 is 2.17 bits per heavy atom. The Morgan fingerprint density at radius 1 is 1.17 bits per heavy atom. The number of piperazine rings is 1. The molecule has 9 nitrogen and oxygen atoms in total. The minimum absolute atomic E-state index is 0.128. The number of ether oxygens (including phenoxy) is 1. The Hall–Kier alpha value is -1.23. The summed E-state index contributed by atoms with van der Waals surface area (Å²) in [7, 11) is -3.72. The first-order valence-electron chi connectivity index (χ1n) is 5.16. The number of hydrogen-bond acceptors (Lipinski definition) is 5. The van der Waals surface area contributed by atoms with E-state index in [0.29, 0.717) is 0 Å². The number of aliphatic carboxylic acids is 1. The molecule has 0 bridgehead atoms. The van der Waals surface area contributed by atoms with Crippen molar-refractivity contribution in [2.75, 3.05) is 39.4 Å². The second-order valence-corrected chi connectivity index (χ2v) is 5.26. The molecule has 18 heavy (non-hydrogen) atoms. The summed E-state index contributed by atoms with van der Waals surface area (Å²) >= 11 is 0. The van der Waals surface area contributed by atoms with Crippen LogP contribution in [-0.2, 0) is 24.5 Å². The molecule has 10 heteroatoms. The fourth-order valence-corrected chi connectivity index (χ4v) is 2.18. The van der Waals surface area contributed by atoms with E-state index in [9.17, 15) is 18.0 Å². The summed E-state index contributed by atoms with van der Waals surface area (Å²) in [4.78, 5) is 23.1. The number of amides is 1. The first-order valence-corrected chi connectivity index (χ1v) is 6.66. The van der Waals surface area contributed by atoms with E-state index in [-0.39, 0.29) is 38.7 Å². The maximum Gasteiger partial charge on any atom is 0.329 e. The van der Waals surface area contributed by atoms with Crippen LogP contribution in [0, 0.1) is 0 Å². The van der Waals surface area contributed by atoms with Gasteiger partial charge in [0.15, 0.2) is 0 Å². The van der Waals surface area contributed by atoms with Crippen LogP contribution < -0.4 is 5.14 Å². The summed E-state index contributed by atoms with van der Waals surface area (Å²) in [5.74, 6) is -1.52. The highest BCUT2D eigenvalue weighted by Crippen LogP contribution is 2.04. The van der Waals surface area contributed by atoms with Crippen LogP contribution in [-0.4, -0.2) is 74.0 Å². The van der Waals surface area contributed by atoms with E-state index >= 15 is 0 Å². The summed E-state index contributed by atoms with van der Waals surface area (Å²) in [5, 5.41) is 13.3. The van der Waals surface area contributed by atoms with Gasteiger partial charge in [0, 0.05) is 26.2 Å². The largest absolute Gasteiger partial charge is 0.480 e. The van der Waals surface area contributed by atoms with Gasteiger partial charge in [-0.2, -0.15) is 12.7 Å². The lowest BCUT2D eigenvalue weighted by molar-refractivity contribution is -0.146. The molecule has 1 aliphatic heterocycles. The van der Waals surface area contributed by atoms with Crippen molar-refractivity contribution < 1.29 is 27.9 Å². The Labute approximate surface area is 104 Å². The molecule has 0 radical (unpaired) electrons. The SMILES string of the molecule is NS(=O)(=O)N1CCN(C(=O)COCC(=O)O)CC1. The van der Waals surface area contributed by atoms with Crippen LogP contribution in [0.3, 0.4) is 0 Å². The van der Waals surface area contributed by atoms with Crippen LogP contribution in [0.4, 0.5) is 0 Å². The molecule has 3 N–H and O–H groups in total. The Bertz CT molecular complexity index is 415. The predicted molar refractivity (Wildman–Crippen MR) is 59.7 cm³/mol. The van der Waals surface area contributed by atoms with Gasteiger partial charge in [0.2, 0.25) is 5.91 Å². The van der Waals surface area contributed by atoms with Crippen LogP contribution >= 0.6 is 0 Å². The van der Waals surface area contributed by atoms with Gasteiger partial charge in [-0.25, -0.2) is 9.93 Å². The Morgan fingerprint density at radius 2 is 1.72 bits per heavy atom. The number of nitrogens with zero attached hydrogens (tertiary/aromatic N) is 2. The third-order valence-corrected chi connectivity index (χ3v) is 3.49. The maximum absolute atomic E-state index is 11.5. The standard InChI is InChI=1S/C8H15N3O6S/c9-18(15,16)11-3-1-10(2-4-11)7(12)5-17-6-8(13)14/h1-6H2,(H,13,14)(H2,9,15,16). The van der Waals surface area contributed by atoms with E-state index in [1.807, 2.05) is 0 Å². The summed E-state index contributed by atoms with van der Waals surface area (Å²) in [5.41, 5.74) is 0. The quantitative estimate of drug-likeness (QED) is 0.570. The zero-order valence-electron chi connectivity index (χ0n) is 9.61. The van der Waals surface area contributed by atoms with Gasteiger partial charge in [-0.15, -0.1) is 0 Å². The molecule has 1 saturated heterocycles. The van der Waals surface area contributed by atoms with E-state index in [1.165, 1.54) is 4.90 Å².